The molecule has 1 atom stereocenters. The van der Waals surface area contributed by atoms with E-state index >= 15 is 0 Å². The maximum Gasteiger partial charge on any atom is 0.237 e. The van der Waals surface area contributed by atoms with Crippen molar-refractivity contribution < 1.29 is 13.6 Å². The zero-order valence-corrected chi connectivity index (χ0v) is 15.5. The number of hydrogen-bond donors (Lipinski definition) is 1. The van der Waals surface area contributed by atoms with Crippen molar-refractivity contribution >= 4 is 34.7 Å². The topological polar surface area (TPSA) is 59.8 Å². The summed E-state index contributed by atoms with van der Waals surface area (Å²) < 4.78 is 29.2. The van der Waals surface area contributed by atoms with Crippen LogP contribution in [0.3, 0.4) is 0 Å². The molecule has 1 amide bonds. The van der Waals surface area contributed by atoms with Crippen molar-refractivity contribution in [3.05, 3.63) is 58.6 Å². The van der Waals surface area contributed by atoms with Crippen LogP contribution in [0.2, 0.25) is 0 Å². The molecular weight excluding hydrogens is 378 g/mol. The molecule has 1 aromatic carbocycles. The third-order valence-corrected chi connectivity index (χ3v) is 5.65. The van der Waals surface area contributed by atoms with Crippen LogP contribution in [0.1, 0.15) is 11.8 Å². The van der Waals surface area contributed by atoms with Gasteiger partial charge < -0.3 is 9.88 Å². The first-order valence-electron chi connectivity index (χ1n) is 7.86. The Balaban J connectivity index is 1.62. The standard InChI is InChI=1S/C17H16F2N4OS2/c1-11(16(24)21-15-13(18)5-2-6-14(15)19)26-17-22-20-10-23(17)8-7-12-4-3-9-25-12/h2-6,9-11H,7-8H2,1H3,(H,21,24). The number of hydrogen-bond acceptors (Lipinski definition) is 5. The van der Waals surface area contributed by atoms with Crippen molar-refractivity contribution in [1.82, 2.24) is 14.8 Å². The fraction of sp³-hybridized carbons (Fsp3) is 0.235. The predicted molar refractivity (Wildman–Crippen MR) is 98.4 cm³/mol. The lowest BCUT2D eigenvalue weighted by Gasteiger charge is -2.13. The summed E-state index contributed by atoms with van der Waals surface area (Å²) in [5.41, 5.74) is -0.441. The number of aromatic nitrogens is 3. The van der Waals surface area contributed by atoms with E-state index in [-0.39, 0.29) is 0 Å². The average Bonchev–Trinajstić information content (AvgIpc) is 3.28. The van der Waals surface area contributed by atoms with E-state index in [9.17, 15) is 13.6 Å². The number of nitrogens with one attached hydrogen (secondary N) is 1. The number of halogens is 2. The Labute approximate surface area is 157 Å². The number of nitrogens with zero attached hydrogens (tertiary/aromatic N) is 3. The normalized spacial score (nSPS) is 12.1. The summed E-state index contributed by atoms with van der Waals surface area (Å²) in [5.74, 6) is -2.13. The van der Waals surface area contributed by atoms with Gasteiger partial charge in [0.15, 0.2) is 5.16 Å². The van der Waals surface area contributed by atoms with Crippen molar-refractivity contribution in [3.8, 4) is 0 Å². The number of rotatable bonds is 7. The molecule has 1 N–H and O–H groups in total. The molecule has 0 aliphatic heterocycles. The van der Waals surface area contributed by atoms with Crippen LogP contribution >= 0.6 is 23.1 Å². The van der Waals surface area contributed by atoms with Crippen LogP contribution in [0.15, 0.2) is 47.2 Å². The van der Waals surface area contributed by atoms with Gasteiger partial charge in [-0.1, -0.05) is 23.9 Å². The quantitative estimate of drug-likeness (QED) is 0.616. The number of thiophene rings is 1. The van der Waals surface area contributed by atoms with Crippen molar-refractivity contribution in [3.63, 3.8) is 0 Å². The summed E-state index contributed by atoms with van der Waals surface area (Å²) in [6.45, 7) is 2.34. The highest BCUT2D eigenvalue weighted by Gasteiger charge is 2.20. The smallest absolute Gasteiger partial charge is 0.237 e. The van der Waals surface area contributed by atoms with Crippen LogP contribution < -0.4 is 5.32 Å². The molecule has 0 radical (unpaired) electrons. The monoisotopic (exact) mass is 394 g/mol. The number of anilines is 1. The van der Waals surface area contributed by atoms with E-state index in [4.69, 9.17) is 0 Å². The average molecular weight is 394 g/mol. The Morgan fingerprint density at radius 2 is 2.08 bits per heavy atom. The second kappa shape index (κ2) is 8.41. The van der Waals surface area contributed by atoms with E-state index in [0.717, 1.165) is 18.6 Å². The van der Waals surface area contributed by atoms with E-state index in [1.54, 1.807) is 24.6 Å². The SMILES string of the molecule is CC(Sc1nncn1CCc1cccs1)C(=O)Nc1c(F)cccc1F. The van der Waals surface area contributed by atoms with Gasteiger partial charge in [0.2, 0.25) is 5.91 Å². The van der Waals surface area contributed by atoms with Gasteiger partial charge in [-0.05, 0) is 36.9 Å². The van der Waals surface area contributed by atoms with E-state index < -0.39 is 28.5 Å². The first kappa shape index (κ1) is 18.5. The molecule has 1 unspecified atom stereocenters. The Bertz CT molecular complexity index is 863. The minimum absolute atomic E-state index is 0.441. The number of aryl methyl sites for hydroxylation is 2. The van der Waals surface area contributed by atoms with Crippen LogP contribution in [0.4, 0.5) is 14.5 Å². The van der Waals surface area contributed by atoms with Gasteiger partial charge in [-0.3, -0.25) is 4.79 Å². The molecule has 0 saturated carbocycles. The molecule has 3 aromatic rings. The lowest BCUT2D eigenvalue weighted by atomic mass is 10.3. The fourth-order valence-corrected chi connectivity index (χ4v) is 3.78. The molecular formula is C17H16F2N4OS2. The molecule has 0 saturated heterocycles. The fourth-order valence-electron chi connectivity index (χ4n) is 2.23. The van der Waals surface area contributed by atoms with Crippen molar-refractivity contribution in [2.75, 3.05) is 5.32 Å². The molecule has 0 aliphatic carbocycles. The number of amides is 1. The minimum atomic E-state index is -0.810. The molecule has 2 aromatic heterocycles. The van der Waals surface area contributed by atoms with Crippen molar-refractivity contribution in [1.29, 1.82) is 0 Å². The van der Waals surface area contributed by atoms with Gasteiger partial charge in [0.1, 0.15) is 23.6 Å². The summed E-state index contributed by atoms with van der Waals surface area (Å²) in [5, 5.41) is 12.2. The highest BCUT2D eigenvalue weighted by molar-refractivity contribution is 8.00. The van der Waals surface area contributed by atoms with Gasteiger partial charge in [-0.2, -0.15) is 0 Å². The van der Waals surface area contributed by atoms with Crippen LogP contribution in [0.5, 0.6) is 0 Å². The molecule has 136 valence electrons. The van der Waals surface area contributed by atoms with E-state index in [2.05, 4.69) is 21.6 Å². The number of benzene rings is 1. The molecule has 3 rings (SSSR count). The van der Waals surface area contributed by atoms with Crippen LogP contribution in [-0.2, 0) is 17.8 Å². The molecule has 0 bridgehead atoms. The van der Waals surface area contributed by atoms with Gasteiger partial charge in [-0.15, -0.1) is 21.5 Å². The molecule has 0 aliphatic rings. The number of thioether (sulfide) groups is 1. The summed E-state index contributed by atoms with van der Waals surface area (Å²) >= 11 is 2.87. The van der Waals surface area contributed by atoms with Gasteiger partial charge in [0.05, 0.1) is 5.25 Å². The van der Waals surface area contributed by atoms with Gasteiger partial charge >= 0.3 is 0 Å². The van der Waals surface area contributed by atoms with Crippen LogP contribution in [-0.4, -0.2) is 25.9 Å². The molecule has 0 spiro atoms. The summed E-state index contributed by atoms with van der Waals surface area (Å²) in [6, 6.07) is 7.49. The Morgan fingerprint density at radius 3 is 2.77 bits per heavy atom. The zero-order chi connectivity index (χ0) is 18.5. The molecule has 26 heavy (non-hydrogen) atoms. The molecule has 9 heteroatoms. The lowest BCUT2D eigenvalue weighted by Crippen LogP contribution is -2.24. The Hall–Kier alpha value is -2.26. The predicted octanol–water partition coefficient (Wildman–Crippen LogP) is 3.98. The third-order valence-electron chi connectivity index (χ3n) is 3.62. The van der Waals surface area contributed by atoms with E-state index in [0.29, 0.717) is 11.7 Å². The summed E-state index contributed by atoms with van der Waals surface area (Å²) in [7, 11) is 0. The summed E-state index contributed by atoms with van der Waals surface area (Å²) in [4.78, 5) is 13.5. The van der Waals surface area contributed by atoms with Gasteiger partial charge in [-0.25, -0.2) is 8.78 Å². The van der Waals surface area contributed by atoms with Gasteiger partial charge in [0.25, 0.3) is 0 Å². The van der Waals surface area contributed by atoms with Crippen molar-refractivity contribution in [2.45, 2.75) is 30.3 Å². The van der Waals surface area contributed by atoms with Gasteiger partial charge in [0, 0.05) is 11.4 Å². The molecule has 2 heterocycles. The maximum atomic E-state index is 13.7. The maximum absolute atomic E-state index is 13.7. The highest BCUT2D eigenvalue weighted by atomic mass is 32.2. The van der Waals surface area contributed by atoms with Crippen LogP contribution in [0, 0.1) is 11.6 Å². The number of carbonyl (C=O) groups excluding carboxylic acids is 1. The first-order chi connectivity index (χ1) is 12.5. The third kappa shape index (κ3) is 4.47. The summed E-state index contributed by atoms with van der Waals surface area (Å²) in [6.07, 6.45) is 2.45. The molecule has 0 fully saturated rings. The van der Waals surface area contributed by atoms with E-state index in [1.165, 1.54) is 22.7 Å². The Morgan fingerprint density at radius 1 is 1.31 bits per heavy atom. The second-order valence-corrected chi connectivity index (χ2v) is 7.82. The number of carbonyl (C=O) groups is 1. The van der Waals surface area contributed by atoms with Crippen molar-refractivity contribution in [2.24, 2.45) is 0 Å². The first-order valence-corrected chi connectivity index (χ1v) is 9.62. The minimum Gasteiger partial charge on any atom is -0.320 e. The van der Waals surface area contributed by atoms with E-state index in [1.807, 2.05) is 16.0 Å². The second-order valence-electron chi connectivity index (χ2n) is 5.48. The number of para-hydroxylation sites is 1. The zero-order valence-electron chi connectivity index (χ0n) is 13.9. The van der Waals surface area contributed by atoms with Crippen LogP contribution in [0.25, 0.3) is 0 Å². The Kier molecular flexibility index (Phi) is 6.00. The molecule has 5 nitrogen and oxygen atoms in total. The highest BCUT2D eigenvalue weighted by Crippen LogP contribution is 2.24. The largest absolute Gasteiger partial charge is 0.320 e. The lowest BCUT2D eigenvalue weighted by molar-refractivity contribution is -0.115.